The average Bonchev–Trinajstić information content (AvgIpc) is 3.68. The minimum atomic E-state index is -0.0521. The van der Waals surface area contributed by atoms with Crippen LogP contribution in [0.5, 0.6) is 0 Å². The van der Waals surface area contributed by atoms with Crippen LogP contribution < -0.4 is 21.7 Å². The highest BCUT2D eigenvalue weighted by Crippen LogP contribution is 2.34. The number of hydrogen-bond acceptors (Lipinski definition) is 15. The lowest BCUT2D eigenvalue weighted by atomic mass is 10.1. The number of aryl methyl sites for hydroxylation is 1. The van der Waals surface area contributed by atoms with E-state index in [1.54, 1.807) is 6.33 Å². The van der Waals surface area contributed by atoms with Crippen LogP contribution in [-0.4, -0.2) is 137 Å². The third-order valence-corrected chi connectivity index (χ3v) is 7.32. The molecule has 0 atom stereocenters. The maximum Gasteiger partial charge on any atom is 0.292 e. The minimum Gasteiger partial charge on any atom is -0.424 e. The average molecular weight is 702 g/mol. The van der Waals surface area contributed by atoms with E-state index in [1.807, 2.05) is 41.9 Å². The zero-order valence-electron chi connectivity index (χ0n) is 29.1. The predicted molar refractivity (Wildman–Crippen MR) is 188 cm³/mol. The number of carbonyl (C=O) groups is 1. The lowest BCUT2D eigenvalue weighted by Crippen LogP contribution is -2.26. The van der Waals surface area contributed by atoms with Gasteiger partial charge in [-0.3, -0.25) is 4.79 Å². The van der Waals surface area contributed by atoms with Gasteiger partial charge in [0.05, 0.1) is 84.7 Å². The van der Waals surface area contributed by atoms with E-state index in [2.05, 4.69) is 20.3 Å². The van der Waals surface area contributed by atoms with E-state index in [0.29, 0.717) is 110 Å². The fourth-order valence-electron chi connectivity index (χ4n) is 4.94. The molecule has 4 rings (SSSR count). The molecule has 5 N–H and O–H groups in total. The fourth-order valence-corrected chi connectivity index (χ4v) is 4.94. The maximum absolute atomic E-state index is 12.3. The van der Waals surface area contributed by atoms with Crippen molar-refractivity contribution in [2.45, 2.75) is 25.8 Å². The highest BCUT2D eigenvalue weighted by Gasteiger charge is 2.20. The number of ether oxygens (including phenoxy) is 6. The number of carbonyl (C=O) groups excluding carboxylic acids is 1. The molecule has 1 aromatic carbocycles. The number of nitrogen functional groups attached to an aromatic ring is 1. The fraction of sp³-hybridized carbons (Fsp3) is 0.606. The smallest absolute Gasteiger partial charge is 0.292 e. The number of aromatic nitrogens is 5. The molecule has 276 valence electrons. The normalized spacial score (nSPS) is 11.6. The molecule has 0 saturated heterocycles. The molecule has 0 aliphatic carbocycles. The number of rotatable bonds is 27. The molecule has 0 fully saturated rings. The summed E-state index contributed by atoms with van der Waals surface area (Å²) in [7, 11) is 3.87. The Hall–Kier alpha value is -3.97. The quantitative estimate of drug-likeness (QED) is 0.0755. The summed E-state index contributed by atoms with van der Waals surface area (Å²) in [4.78, 5) is 27.5. The number of anilines is 2. The number of unbranched alkanes of at least 4 members (excludes halogenated alkanes) is 1. The zero-order valence-corrected chi connectivity index (χ0v) is 29.1. The summed E-state index contributed by atoms with van der Waals surface area (Å²) in [6.45, 7) is 7.41. The maximum atomic E-state index is 12.3. The molecule has 1 amide bonds. The van der Waals surface area contributed by atoms with Gasteiger partial charge in [-0.05, 0) is 31.0 Å². The third-order valence-electron chi connectivity index (χ3n) is 7.32. The largest absolute Gasteiger partial charge is 0.424 e. The molecule has 0 unspecified atom stereocenters. The van der Waals surface area contributed by atoms with Crippen LogP contribution in [-0.2, 0) is 39.8 Å². The second kappa shape index (κ2) is 22.0. The second-order valence-corrected chi connectivity index (χ2v) is 11.4. The van der Waals surface area contributed by atoms with Gasteiger partial charge in [0.15, 0.2) is 11.2 Å². The van der Waals surface area contributed by atoms with E-state index in [0.717, 1.165) is 41.0 Å². The molecule has 17 nitrogen and oxygen atoms in total. The predicted octanol–water partition coefficient (Wildman–Crippen LogP) is 1.63. The van der Waals surface area contributed by atoms with Crippen molar-refractivity contribution in [3.63, 3.8) is 0 Å². The molecular formula is C33H51N9O8. The van der Waals surface area contributed by atoms with Gasteiger partial charge in [0.1, 0.15) is 23.4 Å². The number of nitrogens with one attached hydrogen (secondary N) is 1. The third kappa shape index (κ3) is 12.7. The van der Waals surface area contributed by atoms with Crippen molar-refractivity contribution < 1.29 is 37.6 Å². The van der Waals surface area contributed by atoms with Crippen LogP contribution in [0.1, 0.15) is 19.3 Å². The summed E-state index contributed by atoms with van der Waals surface area (Å²) in [5.41, 5.74) is 14.7. The van der Waals surface area contributed by atoms with Gasteiger partial charge >= 0.3 is 0 Å². The summed E-state index contributed by atoms with van der Waals surface area (Å²) in [6.07, 6.45) is 3.41. The molecule has 0 spiro atoms. The van der Waals surface area contributed by atoms with Crippen LogP contribution >= 0.6 is 0 Å². The van der Waals surface area contributed by atoms with Gasteiger partial charge in [-0.15, -0.1) is 0 Å². The first-order valence-corrected chi connectivity index (χ1v) is 17.0. The van der Waals surface area contributed by atoms with Crippen molar-refractivity contribution in [2.24, 2.45) is 5.73 Å². The van der Waals surface area contributed by atoms with E-state index in [9.17, 15) is 4.79 Å². The van der Waals surface area contributed by atoms with Gasteiger partial charge in [0.2, 0.25) is 5.91 Å². The molecule has 0 radical (unpaired) electrons. The molecule has 0 saturated carbocycles. The summed E-state index contributed by atoms with van der Waals surface area (Å²) >= 11 is 0. The summed E-state index contributed by atoms with van der Waals surface area (Å²) in [5.74, 6) is 0.715. The number of oxazole rings is 1. The molecule has 0 bridgehead atoms. The highest BCUT2D eigenvalue weighted by molar-refractivity contribution is 6.00. The molecule has 0 aliphatic rings. The number of benzene rings is 1. The van der Waals surface area contributed by atoms with Crippen molar-refractivity contribution in [3.05, 3.63) is 24.5 Å². The van der Waals surface area contributed by atoms with E-state index >= 15 is 0 Å². The number of amides is 1. The van der Waals surface area contributed by atoms with Crippen LogP contribution in [0.25, 0.3) is 33.4 Å². The Labute approximate surface area is 291 Å². The topological polar surface area (TPSA) is 209 Å². The van der Waals surface area contributed by atoms with Crippen molar-refractivity contribution >= 4 is 39.9 Å². The molecule has 50 heavy (non-hydrogen) atoms. The Morgan fingerprint density at radius 3 is 2.10 bits per heavy atom. The van der Waals surface area contributed by atoms with Gasteiger partial charge in [0.25, 0.3) is 6.01 Å². The Balaban J connectivity index is 1.04. The molecule has 0 aliphatic heterocycles. The van der Waals surface area contributed by atoms with Gasteiger partial charge in [-0.1, -0.05) is 0 Å². The number of nitrogens with two attached hydrogens (primary N) is 2. The number of hydrogen-bond donors (Lipinski definition) is 3. The van der Waals surface area contributed by atoms with Gasteiger partial charge in [-0.2, -0.15) is 10.1 Å². The Kier molecular flexibility index (Phi) is 17.1. The van der Waals surface area contributed by atoms with Gasteiger partial charge in [-0.25, -0.2) is 14.6 Å². The molecule has 17 heteroatoms. The van der Waals surface area contributed by atoms with Crippen molar-refractivity contribution in [1.82, 2.24) is 30.0 Å². The van der Waals surface area contributed by atoms with Crippen LogP contribution in [0.3, 0.4) is 0 Å². The Bertz CT molecular complexity index is 1570. The standard InChI is InChI=1S/C33H51N9O8/c1-41(2)31-29-30(25-5-6-27-26(23-25)39-33(35)50-27)40-42(32(29)38-24-37-31)10-4-3-9-36-28(43)7-11-44-13-15-46-17-19-48-21-22-49-20-18-47-16-14-45-12-8-34/h5-6,23-24H,3-4,7-22,34H2,1-2H3,(H2,35,39)(H,36,43). The zero-order chi connectivity index (χ0) is 35.4. The van der Waals surface area contributed by atoms with E-state index in [-0.39, 0.29) is 18.3 Å². The summed E-state index contributed by atoms with van der Waals surface area (Å²) in [5, 5.41) is 8.73. The first kappa shape index (κ1) is 38.8. The molecule has 3 heterocycles. The summed E-state index contributed by atoms with van der Waals surface area (Å²) in [6, 6.07) is 5.78. The monoisotopic (exact) mass is 701 g/mol. The van der Waals surface area contributed by atoms with E-state index in [4.69, 9.17) is 49.4 Å². The van der Waals surface area contributed by atoms with Crippen molar-refractivity contribution in [1.29, 1.82) is 0 Å². The van der Waals surface area contributed by atoms with Gasteiger partial charge in [0, 0.05) is 45.7 Å². The second-order valence-electron chi connectivity index (χ2n) is 11.4. The van der Waals surface area contributed by atoms with Crippen molar-refractivity contribution in [2.75, 3.05) is 117 Å². The van der Waals surface area contributed by atoms with E-state index in [1.165, 1.54) is 0 Å². The Morgan fingerprint density at radius 1 is 0.860 bits per heavy atom. The van der Waals surface area contributed by atoms with Crippen LogP contribution in [0.15, 0.2) is 28.9 Å². The molecule has 4 aromatic rings. The van der Waals surface area contributed by atoms with Crippen molar-refractivity contribution in [3.8, 4) is 11.3 Å². The minimum absolute atomic E-state index is 0.0521. The molecule has 3 aromatic heterocycles. The first-order chi connectivity index (χ1) is 24.5. The first-order valence-electron chi connectivity index (χ1n) is 17.0. The Morgan fingerprint density at radius 2 is 1.48 bits per heavy atom. The summed E-state index contributed by atoms with van der Waals surface area (Å²) < 4.78 is 39.9. The number of nitrogens with zero attached hydrogens (tertiary/aromatic N) is 6. The molecular weight excluding hydrogens is 650 g/mol. The number of fused-ring (bicyclic) bond motifs is 2. The van der Waals surface area contributed by atoms with Crippen LogP contribution in [0.2, 0.25) is 0 Å². The highest BCUT2D eigenvalue weighted by atomic mass is 16.6. The van der Waals surface area contributed by atoms with E-state index < -0.39 is 0 Å². The van der Waals surface area contributed by atoms with Crippen LogP contribution in [0, 0.1) is 0 Å². The van der Waals surface area contributed by atoms with Crippen LogP contribution in [0.4, 0.5) is 11.8 Å². The van der Waals surface area contributed by atoms with Gasteiger partial charge < -0.3 is 54.5 Å². The SMILES string of the molecule is CN(C)c1ncnc2c1c(-c1ccc3oc(N)nc3c1)nn2CCCCNC(=O)CCOCCOCCOCCOCCOCCOCCN. The lowest BCUT2D eigenvalue weighted by molar-refractivity contribution is -0.122. The lowest BCUT2D eigenvalue weighted by Gasteiger charge is -2.12.